The molecule has 41 heavy (non-hydrogen) atoms. The molecule has 0 amide bonds. The zero-order valence-corrected chi connectivity index (χ0v) is 24.3. The fourth-order valence-corrected chi connectivity index (χ4v) is 3.69. The largest absolute Gasteiger partial charge is 0.480 e. The predicted molar refractivity (Wildman–Crippen MR) is 145 cm³/mol. The normalized spacial score (nSPS) is 11.7. The molecule has 0 fully saturated rings. The van der Waals surface area contributed by atoms with Crippen molar-refractivity contribution in [3.63, 3.8) is 0 Å². The average molecular weight is 613 g/mol. The van der Waals surface area contributed by atoms with Crippen LogP contribution in [0.5, 0.6) is 0 Å². The van der Waals surface area contributed by atoms with E-state index in [0.29, 0.717) is 99.1 Å². The van der Waals surface area contributed by atoms with Crippen LogP contribution in [-0.4, -0.2) is 145 Å². The summed E-state index contributed by atoms with van der Waals surface area (Å²) in [6.45, 7) is 6.27. The molecule has 0 bridgehead atoms. The quantitative estimate of drug-likeness (QED) is 0.0917. The maximum absolute atomic E-state index is 11.9. The number of carboxylic acid groups (broad SMARTS) is 1. The number of carbonyl (C=O) groups is 1. The summed E-state index contributed by atoms with van der Waals surface area (Å²) in [4.78, 5) is 10.4. The second-order valence-corrected chi connectivity index (χ2v) is 9.55. The van der Waals surface area contributed by atoms with Gasteiger partial charge in [0.15, 0.2) is 0 Å². The molecule has 1 rings (SSSR count). The molecule has 0 heterocycles. The van der Waals surface area contributed by atoms with E-state index in [0.717, 1.165) is 0 Å². The molecule has 0 saturated carbocycles. The van der Waals surface area contributed by atoms with Crippen molar-refractivity contribution in [1.82, 2.24) is 0 Å². The maximum atomic E-state index is 11.9. The SMILES string of the molecule is O=C(O)COCCOCCOCCOCCOCCOCCOCCOCCOCCOS(=O)(=O)c1ccccc1. The topological polar surface area (TPSA) is 164 Å². The number of aliphatic carboxylic acids is 1. The number of carboxylic acids is 1. The van der Waals surface area contributed by atoms with Crippen LogP contribution >= 0.6 is 0 Å². The van der Waals surface area contributed by atoms with Gasteiger partial charge in [-0.15, -0.1) is 0 Å². The fraction of sp³-hybridized carbons (Fsp3) is 0.731. The Morgan fingerprint density at radius 3 is 1.10 bits per heavy atom. The Hall–Kier alpha value is -1.76. The zero-order valence-electron chi connectivity index (χ0n) is 23.5. The standard InChI is InChI=1S/C26H44O14S/c27-26(28)24-39-21-20-37-17-16-35-13-12-33-9-8-31-6-7-32-10-11-34-14-15-36-18-19-38-22-23-40-41(29,30)25-4-2-1-3-5-25/h1-5H,6-24H2,(H,27,28). The first-order valence-electron chi connectivity index (χ1n) is 13.4. The second kappa shape index (κ2) is 27.1. The van der Waals surface area contributed by atoms with Crippen LogP contribution in [-0.2, 0) is 61.7 Å². The van der Waals surface area contributed by atoms with Crippen LogP contribution in [0.25, 0.3) is 0 Å². The van der Waals surface area contributed by atoms with Crippen LogP contribution in [0.4, 0.5) is 0 Å². The van der Waals surface area contributed by atoms with Crippen LogP contribution in [0.2, 0.25) is 0 Å². The highest BCUT2D eigenvalue weighted by atomic mass is 32.2. The molecule has 0 aliphatic rings. The summed E-state index contributed by atoms with van der Waals surface area (Å²) in [5.74, 6) is -1.00. The van der Waals surface area contributed by atoms with Gasteiger partial charge in [-0.1, -0.05) is 18.2 Å². The van der Waals surface area contributed by atoms with Crippen molar-refractivity contribution in [3.8, 4) is 0 Å². The maximum Gasteiger partial charge on any atom is 0.329 e. The summed E-state index contributed by atoms with van der Waals surface area (Å²) < 4.78 is 76.5. The van der Waals surface area contributed by atoms with Gasteiger partial charge in [0.05, 0.1) is 124 Å². The van der Waals surface area contributed by atoms with Gasteiger partial charge >= 0.3 is 5.97 Å². The summed E-state index contributed by atoms with van der Waals surface area (Å²) in [7, 11) is -3.76. The number of benzene rings is 1. The van der Waals surface area contributed by atoms with Crippen molar-refractivity contribution in [2.45, 2.75) is 4.90 Å². The van der Waals surface area contributed by atoms with Crippen LogP contribution in [0.15, 0.2) is 35.2 Å². The van der Waals surface area contributed by atoms with Crippen LogP contribution in [0.3, 0.4) is 0 Å². The molecule has 0 saturated heterocycles. The van der Waals surface area contributed by atoms with Gasteiger partial charge in [-0.3, -0.25) is 4.18 Å². The molecule has 0 aromatic heterocycles. The molecular formula is C26H44O14S. The molecule has 1 aromatic carbocycles. The van der Waals surface area contributed by atoms with E-state index in [1.807, 2.05) is 0 Å². The summed E-state index contributed by atoms with van der Waals surface area (Å²) in [6, 6.07) is 7.95. The lowest BCUT2D eigenvalue weighted by Gasteiger charge is -2.09. The summed E-state index contributed by atoms with van der Waals surface area (Å²) in [5, 5.41) is 8.41. The Morgan fingerprint density at radius 1 is 0.488 bits per heavy atom. The van der Waals surface area contributed by atoms with E-state index in [1.165, 1.54) is 12.1 Å². The van der Waals surface area contributed by atoms with E-state index in [9.17, 15) is 13.2 Å². The lowest BCUT2D eigenvalue weighted by atomic mass is 10.4. The van der Waals surface area contributed by atoms with E-state index in [-0.39, 0.29) is 31.3 Å². The summed E-state index contributed by atoms with van der Waals surface area (Å²) in [6.07, 6.45) is 0. The van der Waals surface area contributed by atoms with Crippen molar-refractivity contribution in [1.29, 1.82) is 0 Å². The number of hydrogen-bond acceptors (Lipinski definition) is 13. The molecule has 238 valence electrons. The van der Waals surface area contributed by atoms with Crippen LogP contribution in [0, 0.1) is 0 Å². The Kier molecular flexibility index (Phi) is 24.6. The smallest absolute Gasteiger partial charge is 0.329 e. The van der Waals surface area contributed by atoms with E-state index in [2.05, 4.69) is 0 Å². The highest BCUT2D eigenvalue weighted by Crippen LogP contribution is 2.10. The van der Waals surface area contributed by atoms with Crippen molar-refractivity contribution in [3.05, 3.63) is 30.3 Å². The van der Waals surface area contributed by atoms with E-state index in [4.69, 9.17) is 51.9 Å². The monoisotopic (exact) mass is 612 g/mol. The first kappa shape index (κ1) is 37.3. The van der Waals surface area contributed by atoms with Gasteiger partial charge in [0, 0.05) is 0 Å². The number of ether oxygens (including phenoxy) is 9. The van der Waals surface area contributed by atoms with E-state index < -0.39 is 16.1 Å². The third-order valence-corrected chi connectivity index (χ3v) is 6.03. The van der Waals surface area contributed by atoms with Crippen LogP contribution < -0.4 is 0 Å². The lowest BCUT2D eigenvalue weighted by Crippen LogP contribution is -2.16. The molecular weight excluding hydrogens is 568 g/mol. The minimum absolute atomic E-state index is 0.0646. The minimum atomic E-state index is -3.76. The van der Waals surface area contributed by atoms with E-state index in [1.54, 1.807) is 18.2 Å². The third kappa shape index (κ3) is 24.5. The Morgan fingerprint density at radius 2 is 0.780 bits per heavy atom. The van der Waals surface area contributed by atoms with Crippen LogP contribution in [0.1, 0.15) is 0 Å². The second-order valence-electron chi connectivity index (χ2n) is 7.93. The van der Waals surface area contributed by atoms with Crippen molar-refractivity contribution in [2.75, 3.05) is 126 Å². The highest BCUT2D eigenvalue weighted by molar-refractivity contribution is 7.86. The van der Waals surface area contributed by atoms with Gasteiger partial charge in [-0.05, 0) is 12.1 Å². The average Bonchev–Trinajstić information content (AvgIpc) is 2.96. The molecule has 15 heteroatoms. The summed E-state index contributed by atoms with van der Waals surface area (Å²) >= 11 is 0. The Bertz CT molecular complexity index is 825. The van der Waals surface area contributed by atoms with Gasteiger partial charge in [0.2, 0.25) is 0 Å². The third-order valence-electron chi connectivity index (χ3n) is 4.70. The fourth-order valence-electron chi connectivity index (χ4n) is 2.78. The highest BCUT2D eigenvalue weighted by Gasteiger charge is 2.13. The molecule has 0 atom stereocenters. The Labute approximate surface area is 242 Å². The van der Waals surface area contributed by atoms with Crippen molar-refractivity contribution >= 4 is 16.1 Å². The van der Waals surface area contributed by atoms with Crippen molar-refractivity contribution < 1.29 is 65.1 Å². The van der Waals surface area contributed by atoms with Crippen molar-refractivity contribution in [2.24, 2.45) is 0 Å². The van der Waals surface area contributed by atoms with Gasteiger partial charge in [-0.25, -0.2) is 4.79 Å². The first-order chi connectivity index (χ1) is 20.0. The first-order valence-corrected chi connectivity index (χ1v) is 14.8. The zero-order chi connectivity index (χ0) is 29.7. The van der Waals surface area contributed by atoms with Gasteiger partial charge in [-0.2, -0.15) is 8.42 Å². The van der Waals surface area contributed by atoms with Gasteiger partial charge in [0.25, 0.3) is 10.1 Å². The lowest BCUT2D eigenvalue weighted by molar-refractivity contribution is -0.142. The van der Waals surface area contributed by atoms with E-state index >= 15 is 0 Å². The molecule has 0 unspecified atom stereocenters. The number of rotatable bonds is 31. The molecule has 0 aliphatic heterocycles. The predicted octanol–water partition coefficient (Wildman–Crippen LogP) is 0.626. The molecule has 1 aromatic rings. The molecule has 0 radical (unpaired) electrons. The molecule has 14 nitrogen and oxygen atoms in total. The summed E-state index contributed by atoms with van der Waals surface area (Å²) in [5.41, 5.74) is 0. The minimum Gasteiger partial charge on any atom is -0.480 e. The molecule has 1 N–H and O–H groups in total. The van der Waals surface area contributed by atoms with Gasteiger partial charge in [0.1, 0.15) is 6.61 Å². The molecule has 0 aliphatic carbocycles. The van der Waals surface area contributed by atoms with Gasteiger partial charge < -0.3 is 47.7 Å². The Balaban J connectivity index is 1.69. The molecule has 0 spiro atoms. The number of hydrogen-bond donors (Lipinski definition) is 1.